The number of aliphatic hydroxyl groups is 1. The van der Waals surface area contributed by atoms with Crippen LogP contribution < -0.4 is 0 Å². The van der Waals surface area contributed by atoms with Crippen LogP contribution in [-0.4, -0.2) is 17.2 Å². The molecule has 0 bridgehead atoms. The molecule has 0 saturated heterocycles. The van der Waals surface area contributed by atoms with Crippen LogP contribution in [0.4, 0.5) is 22.0 Å². The van der Waals surface area contributed by atoms with E-state index in [0.717, 1.165) is 24.3 Å². The lowest BCUT2D eigenvalue weighted by atomic mass is 9.87. The molecule has 0 heterocycles. The molecule has 0 aliphatic rings. The van der Waals surface area contributed by atoms with E-state index in [-0.39, 0.29) is 6.92 Å². The van der Waals surface area contributed by atoms with Crippen LogP contribution in [0.25, 0.3) is 0 Å². The maximum atomic E-state index is 13.0. The number of hydrogen-bond acceptors (Lipinski definition) is 1. The summed E-state index contributed by atoms with van der Waals surface area (Å²) in [6.07, 6.45) is -5.45. The van der Waals surface area contributed by atoms with Gasteiger partial charge in [0.1, 0.15) is 0 Å². The second kappa shape index (κ2) is 3.69. The molecule has 0 saturated carbocycles. The molecule has 1 unspecified atom stereocenters. The highest BCUT2D eigenvalue weighted by Gasteiger charge is 2.67. The van der Waals surface area contributed by atoms with Gasteiger partial charge >= 0.3 is 6.18 Å². The summed E-state index contributed by atoms with van der Waals surface area (Å²) in [6.45, 7) is 0.0352. The molecule has 1 N–H and O–H groups in total. The summed E-state index contributed by atoms with van der Waals surface area (Å²) in [5.74, 6) is -4.33. The van der Waals surface area contributed by atoms with Crippen LogP contribution in [0.3, 0.4) is 0 Å². The van der Waals surface area contributed by atoms with Crippen LogP contribution in [0.2, 0.25) is 0 Å². The van der Waals surface area contributed by atoms with Crippen molar-refractivity contribution in [3.63, 3.8) is 0 Å². The van der Waals surface area contributed by atoms with Gasteiger partial charge in [-0.2, -0.15) is 13.2 Å². The Bertz CT molecular complexity index is 338. The molecule has 6 heteroatoms. The number of hydrogen-bond donors (Lipinski definition) is 1. The third-order valence-electron chi connectivity index (χ3n) is 2.24. The minimum absolute atomic E-state index is 0.0352. The Morgan fingerprint density at radius 3 is 1.69 bits per heavy atom. The summed E-state index contributed by atoms with van der Waals surface area (Å²) in [4.78, 5) is 0. The molecule has 0 amide bonds. The van der Waals surface area contributed by atoms with E-state index in [9.17, 15) is 27.1 Å². The lowest BCUT2D eigenvalue weighted by Gasteiger charge is -2.35. The van der Waals surface area contributed by atoms with Gasteiger partial charge in [0.15, 0.2) is 0 Å². The normalized spacial score (nSPS) is 16.9. The zero-order chi connectivity index (χ0) is 12.6. The minimum atomic E-state index is -5.45. The first kappa shape index (κ1) is 12.9. The topological polar surface area (TPSA) is 20.2 Å². The molecule has 0 radical (unpaired) electrons. The zero-order valence-corrected chi connectivity index (χ0v) is 8.22. The van der Waals surface area contributed by atoms with Gasteiger partial charge in [0.25, 0.3) is 5.92 Å². The maximum absolute atomic E-state index is 13.0. The quantitative estimate of drug-likeness (QED) is 0.787. The molecule has 1 aromatic carbocycles. The van der Waals surface area contributed by atoms with Crippen molar-refractivity contribution in [3.8, 4) is 0 Å². The first-order valence-electron chi connectivity index (χ1n) is 4.33. The van der Waals surface area contributed by atoms with E-state index >= 15 is 0 Å². The van der Waals surface area contributed by atoms with Gasteiger partial charge in [0, 0.05) is 6.92 Å². The van der Waals surface area contributed by atoms with Crippen LogP contribution in [0.5, 0.6) is 0 Å². The Hall–Kier alpha value is -1.17. The summed E-state index contributed by atoms with van der Waals surface area (Å²) >= 11 is 0. The van der Waals surface area contributed by atoms with Crippen LogP contribution in [-0.2, 0) is 5.60 Å². The summed E-state index contributed by atoms with van der Waals surface area (Å²) in [5.41, 5.74) is -5.05. The predicted molar refractivity (Wildman–Crippen MR) is 47.0 cm³/mol. The second-order valence-electron chi connectivity index (χ2n) is 3.46. The third kappa shape index (κ3) is 1.89. The Labute approximate surface area is 88.5 Å². The molecule has 1 rings (SSSR count). The van der Waals surface area contributed by atoms with Crippen LogP contribution in [0, 0.1) is 0 Å². The summed E-state index contributed by atoms with van der Waals surface area (Å²) in [7, 11) is 0. The van der Waals surface area contributed by atoms with Gasteiger partial charge in [-0.1, -0.05) is 30.3 Å². The number of alkyl halides is 5. The van der Waals surface area contributed by atoms with E-state index in [1.165, 1.54) is 6.07 Å². The van der Waals surface area contributed by atoms with E-state index in [4.69, 9.17) is 0 Å². The van der Waals surface area contributed by atoms with Crippen LogP contribution >= 0.6 is 0 Å². The first-order chi connectivity index (χ1) is 7.11. The average Bonchev–Trinajstić information content (AvgIpc) is 2.14. The molecule has 0 aliphatic carbocycles. The van der Waals surface area contributed by atoms with Gasteiger partial charge in [0.05, 0.1) is 0 Å². The van der Waals surface area contributed by atoms with E-state index in [0.29, 0.717) is 0 Å². The molecular formula is C10H9F5O. The lowest BCUT2D eigenvalue weighted by molar-refractivity contribution is -0.335. The SMILES string of the molecule is CC(F)(F)C(O)(c1ccccc1)C(F)(F)F. The molecule has 0 aromatic heterocycles. The van der Waals surface area contributed by atoms with Crippen molar-refractivity contribution in [1.29, 1.82) is 0 Å². The number of halogens is 5. The van der Waals surface area contributed by atoms with Gasteiger partial charge in [-0.15, -0.1) is 0 Å². The molecule has 90 valence electrons. The molecular weight excluding hydrogens is 231 g/mol. The second-order valence-corrected chi connectivity index (χ2v) is 3.46. The van der Waals surface area contributed by atoms with E-state index < -0.39 is 23.3 Å². The van der Waals surface area contributed by atoms with Crippen molar-refractivity contribution < 1.29 is 27.1 Å². The minimum Gasteiger partial charge on any atom is -0.372 e. The molecule has 0 fully saturated rings. The summed E-state index contributed by atoms with van der Waals surface area (Å²) in [6, 6.07) is 5.29. The highest BCUT2D eigenvalue weighted by Crippen LogP contribution is 2.48. The summed E-state index contributed by atoms with van der Waals surface area (Å²) < 4.78 is 63.6. The molecule has 0 spiro atoms. The Morgan fingerprint density at radius 2 is 1.38 bits per heavy atom. The highest BCUT2D eigenvalue weighted by molar-refractivity contribution is 5.26. The van der Waals surface area contributed by atoms with Crippen molar-refractivity contribution >= 4 is 0 Å². The van der Waals surface area contributed by atoms with E-state index in [1.807, 2.05) is 0 Å². The Balaban J connectivity index is 3.39. The van der Waals surface area contributed by atoms with Crippen molar-refractivity contribution in [2.45, 2.75) is 24.6 Å². The van der Waals surface area contributed by atoms with Gasteiger partial charge in [-0.05, 0) is 5.56 Å². The largest absolute Gasteiger partial charge is 0.427 e. The van der Waals surface area contributed by atoms with Gasteiger partial charge in [0.2, 0.25) is 5.60 Å². The Morgan fingerprint density at radius 1 is 0.938 bits per heavy atom. The van der Waals surface area contributed by atoms with Crippen LogP contribution in [0.15, 0.2) is 30.3 Å². The van der Waals surface area contributed by atoms with Gasteiger partial charge in [-0.3, -0.25) is 0 Å². The molecule has 1 atom stereocenters. The number of rotatable bonds is 2. The molecule has 0 aliphatic heterocycles. The lowest BCUT2D eigenvalue weighted by Crippen LogP contribution is -2.54. The van der Waals surface area contributed by atoms with Crippen molar-refractivity contribution in [3.05, 3.63) is 35.9 Å². The number of benzene rings is 1. The van der Waals surface area contributed by atoms with Crippen molar-refractivity contribution in [2.24, 2.45) is 0 Å². The van der Waals surface area contributed by atoms with Crippen molar-refractivity contribution in [2.75, 3.05) is 0 Å². The van der Waals surface area contributed by atoms with E-state index in [2.05, 4.69) is 0 Å². The molecule has 1 nitrogen and oxygen atoms in total. The zero-order valence-electron chi connectivity index (χ0n) is 8.22. The van der Waals surface area contributed by atoms with Crippen molar-refractivity contribution in [1.82, 2.24) is 0 Å². The third-order valence-corrected chi connectivity index (χ3v) is 2.24. The fourth-order valence-electron chi connectivity index (χ4n) is 1.35. The smallest absolute Gasteiger partial charge is 0.372 e. The summed E-state index contributed by atoms with van der Waals surface area (Å²) in [5, 5.41) is 9.28. The maximum Gasteiger partial charge on any atom is 0.427 e. The first-order valence-corrected chi connectivity index (χ1v) is 4.33. The Kier molecular flexibility index (Phi) is 2.98. The van der Waals surface area contributed by atoms with E-state index in [1.54, 1.807) is 0 Å². The highest BCUT2D eigenvalue weighted by atomic mass is 19.4. The van der Waals surface area contributed by atoms with Gasteiger partial charge in [-0.25, -0.2) is 8.78 Å². The monoisotopic (exact) mass is 240 g/mol. The van der Waals surface area contributed by atoms with Crippen LogP contribution in [0.1, 0.15) is 12.5 Å². The average molecular weight is 240 g/mol. The fraction of sp³-hybridized carbons (Fsp3) is 0.400. The molecule has 1 aromatic rings. The van der Waals surface area contributed by atoms with Gasteiger partial charge < -0.3 is 5.11 Å². The fourth-order valence-corrected chi connectivity index (χ4v) is 1.35. The molecule has 16 heavy (non-hydrogen) atoms. The predicted octanol–water partition coefficient (Wildman–Crippen LogP) is 3.09. The standard InChI is InChI=1S/C10H9F5O/c1-8(11,12)9(16,10(13,14)15)7-5-3-2-4-6-7/h2-6,16H,1H3.